The number of carbonyl (C=O) groups excluding carboxylic acids is 1. The van der Waals surface area contributed by atoms with Gasteiger partial charge in [-0.1, -0.05) is 0 Å². The van der Waals surface area contributed by atoms with E-state index >= 15 is 0 Å². The van der Waals surface area contributed by atoms with E-state index in [0.717, 1.165) is 0 Å². The van der Waals surface area contributed by atoms with Gasteiger partial charge in [0.05, 0.1) is 0 Å². The molecule has 0 atom stereocenters. The second-order valence-corrected chi connectivity index (χ2v) is 3.10. The Kier molecular flexibility index (Phi) is 2.71. The molecule has 0 unspecified atom stereocenters. The average molecular weight is 168 g/mol. The van der Waals surface area contributed by atoms with Crippen molar-refractivity contribution in [3.05, 3.63) is 0 Å². The summed E-state index contributed by atoms with van der Waals surface area (Å²) in [4.78, 5) is 35.9. The van der Waals surface area contributed by atoms with Crippen LogP contribution in [0.2, 0.25) is 0 Å². The van der Waals surface area contributed by atoms with E-state index < -0.39 is 25.5 Å². The first-order valence-electron chi connectivity index (χ1n) is 2.15. The lowest BCUT2D eigenvalue weighted by Gasteiger charge is -1.97. The van der Waals surface area contributed by atoms with Gasteiger partial charge in [0.15, 0.2) is 0 Å². The normalized spacial score (nSPS) is 11.0. The van der Waals surface area contributed by atoms with Crippen molar-refractivity contribution in [3.8, 4) is 0 Å². The van der Waals surface area contributed by atoms with Crippen molar-refractivity contribution < 1.29 is 29.0 Å². The second-order valence-electron chi connectivity index (χ2n) is 1.51. The maximum atomic E-state index is 10.1. The molecule has 0 rings (SSSR count). The third kappa shape index (κ3) is 3.34. The molecule has 0 aliphatic rings. The van der Waals surface area contributed by atoms with E-state index in [0.29, 0.717) is 0 Å². The van der Waals surface area contributed by atoms with Crippen LogP contribution < -0.4 is 0 Å². The monoisotopic (exact) mass is 168 g/mol. The summed E-state index contributed by atoms with van der Waals surface area (Å²) < 4.78 is 9.95. The van der Waals surface area contributed by atoms with Crippen LogP contribution in [0.4, 0.5) is 0 Å². The summed E-state index contributed by atoms with van der Waals surface area (Å²) in [5.41, 5.74) is -1.57. The molecule has 58 valence electrons. The van der Waals surface area contributed by atoms with Crippen LogP contribution in [0.5, 0.6) is 0 Å². The van der Waals surface area contributed by atoms with Crippen molar-refractivity contribution in [2.45, 2.75) is 6.42 Å². The first kappa shape index (κ1) is 9.29. The van der Waals surface area contributed by atoms with E-state index in [1.807, 2.05) is 0 Å². The van der Waals surface area contributed by atoms with Crippen LogP contribution >= 0.6 is 7.60 Å². The highest BCUT2D eigenvalue weighted by Gasteiger charge is 2.27. The molecule has 10 heavy (non-hydrogen) atoms. The van der Waals surface area contributed by atoms with E-state index in [1.165, 1.54) is 0 Å². The molecule has 0 saturated heterocycles. The van der Waals surface area contributed by atoms with Gasteiger partial charge < -0.3 is 14.9 Å². The van der Waals surface area contributed by atoms with Gasteiger partial charge in [0, 0.05) is 0 Å². The number of rotatable bonds is 3. The summed E-state index contributed by atoms with van der Waals surface area (Å²) in [6, 6.07) is 0. The highest BCUT2D eigenvalue weighted by atomic mass is 31.2. The van der Waals surface area contributed by atoms with Gasteiger partial charge in [-0.2, -0.15) is 0 Å². The van der Waals surface area contributed by atoms with Gasteiger partial charge in [0.2, 0.25) is 0 Å². The van der Waals surface area contributed by atoms with Gasteiger partial charge in [0.25, 0.3) is 5.52 Å². The van der Waals surface area contributed by atoms with E-state index in [4.69, 9.17) is 14.9 Å². The topological polar surface area (TPSA) is 112 Å². The predicted molar refractivity (Wildman–Crippen MR) is 29.3 cm³/mol. The summed E-state index contributed by atoms with van der Waals surface area (Å²) in [7, 11) is -4.83. The largest absolute Gasteiger partial charge is 0.481 e. The van der Waals surface area contributed by atoms with Crippen LogP contribution in [0.15, 0.2) is 0 Å². The number of carbonyl (C=O) groups is 2. The van der Waals surface area contributed by atoms with Gasteiger partial charge in [-0.25, -0.2) is 0 Å². The molecule has 0 spiro atoms. The molecule has 0 amide bonds. The van der Waals surface area contributed by atoms with Crippen LogP contribution in [-0.4, -0.2) is 26.4 Å². The maximum absolute atomic E-state index is 10.1. The van der Waals surface area contributed by atoms with Crippen molar-refractivity contribution >= 4 is 19.1 Å². The van der Waals surface area contributed by atoms with Gasteiger partial charge >= 0.3 is 13.6 Å². The molecule has 6 nitrogen and oxygen atoms in total. The second kappa shape index (κ2) is 2.92. The number of carboxylic acid groups (broad SMARTS) is 1. The van der Waals surface area contributed by atoms with Crippen LogP contribution in [0.25, 0.3) is 0 Å². The molecule has 0 saturated carbocycles. The van der Waals surface area contributed by atoms with Crippen molar-refractivity contribution in [2.75, 3.05) is 0 Å². The number of aliphatic carboxylic acids is 1. The average Bonchev–Trinajstić information content (AvgIpc) is 1.60. The molecule has 0 aliphatic carbocycles. The number of hydrogen-bond acceptors (Lipinski definition) is 3. The van der Waals surface area contributed by atoms with E-state index in [1.54, 1.807) is 0 Å². The fourth-order valence-corrected chi connectivity index (χ4v) is 0.574. The lowest BCUT2D eigenvalue weighted by Crippen LogP contribution is -2.06. The molecule has 0 aromatic rings. The first-order chi connectivity index (χ1) is 4.34. The Labute approximate surface area is 55.6 Å². The Morgan fingerprint density at radius 1 is 1.30 bits per heavy atom. The molecule has 7 heteroatoms. The van der Waals surface area contributed by atoms with Gasteiger partial charge in [0.1, 0.15) is 6.42 Å². The Morgan fingerprint density at radius 3 is 1.80 bits per heavy atom. The minimum absolute atomic E-state index is 1.13. The summed E-state index contributed by atoms with van der Waals surface area (Å²) in [6.07, 6.45) is -1.13. The zero-order valence-corrected chi connectivity index (χ0v) is 5.62. The lowest BCUT2D eigenvalue weighted by atomic mass is 10.5. The standard InChI is InChI=1S/C3H5O6P/c4-2(5)1-3(6)10(7,8)9/h1H2,(H,4,5)(H2,7,8,9). The fourth-order valence-electron chi connectivity index (χ4n) is 0.232. The highest BCUT2D eigenvalue weighted by molar-refractivity contribution is 7.70. The van der Waals surface area contributed by atoms with E-state index in [9.17, 15) is 14.2 Å². The molecule has 0 fully saturated rings. The van der Waals surface area contributed by atoms with E-state index in [-0.39, 0.29) is 0 Å². The molecule has 0 aromatic heterocycles. The minimum Gasteiger partial charge on any atom is -0.481 e. The van der Waals surface area contributed by atoms with Crippen molar-refractivity contribution in [3.63, 3.8) is 0 Å². The van der Waals surface area contributed by atoms with Crippen LogP contribution in [-0.2, 0) is 14.2 Å². The number of hydrogen-bond donors (Lipinski definition) is 3. The molecule has 0 aromatic carbocycles. The smallest absolute Gasteiger partial charge is 0.392 e. The SMILES string of the molecule is O=C(O)CC(=O)P(=O)(O)O. The Hall–Kier alpha value is -0.710. The highest BCUT2D eigenvalue weighted by Crippen LogP contribution is 2.36. The summed E-state index contributed by atoms with van der Waals surface area (Å²) >= 11 is 0. The fraction of sp³-hybridized carbons (Fsp3) is 0.333. The first-order valence-corrected chi connectivity index (χ1v) is 3.76. The summed E-state index contributed by atoms with van der Waals surface area (Å²) in [5.74, 6) is -1.55. The molecule has 0 bridgehead atoms. The predicted octanol–water partition coefficient (Wildman–Crippen LogP) is -0.835. The number of carboxylic acids is 1. The van der Waals surface area contributed by atoms with Crippen LogP contribution in [0, 0.1) is 0 Å². The minimum atomic E-state index is -4.83. The molecular formula is C3H5O6P. The van der Waals surface area contributed by atoms with Crippen molar-refractivity contribution in [1.29, 1.82) is 0 Å². The Morgan fingerprint density at radius 2 is 1.70 bits per heavy atom. The van der Waals surface area contributed by atoms with Gasteiger partial charge in [-0.3, -0.25) is 14.2 Å². The quantitative estimate of drug-likeness (QED) is 0.374. The third-order valence-electron chi connectivity index (χ3n) is 0.627. The van der Waals surface area contributed by atoms with Gasteiger partial charge in [-0.15, -0.1) is 0 Å². The lowest BCUT2D eigenvalue weighted by molar-refractivity contribution is -0.139. The van der Waals surface area contributed by atoms with Crippen molar-refractivity contribution in [1.82, 2.24) is 0 Å². The molecule has 0 aliphatic heterocycles. The van der Waals surface area contributed by atoms with Gasteiger partial charge in [-0.05, 0) is 0 Å². The van der Waals surface area contributed by atoms with Crippen molar-refractivity contribution in [2.24, 2.45) is 0 Å². The molecule has 0 radical (unpaired) electrons. The molecule has 0 heterocycles. The zero-order chi connectivity index (χ0) is 8.36. The Balaban J connectivity index is 4.13. The molecule has 3 N–H and O–H groups in total. The maximum Gasteiger partial charge on any atom is 0.392 e. The summed E-state index contributed by atoms with van der Waals surface area (Å²) in [6.45, 7) is 0. The van der Waals surface area contributed by atoms with Crippen LogP contribution in [0.3, 0.4) is 0 Å². The van der Waals surface area contributed by atoms with E-state index in [2.05, 4.69) is 0 Å². The Bertz CT molecular complexity index is 201. The molecular weight excluding hydrogens is 163 g/mol. The zero-order valence-electron chi connectivity index (χ0n) is 4.72. The third-order valence-corrected chi connectivity index (χ3v) is 1.44. The summed E-state index contributed by atoms with van der Waals surface area (Å²) in [5, 5.41) is 7.88. The van der Waals surface area contributed by atoms with Crippen LogP contribution in [0.1, 0.15) is 6.42 Å².